The highest BCUT2D eigenvalue weighted by atomic mass is 16.6. The quantitative estimate of drug-likeness (QED) is 0.0261. The lowest BCUT2D eigenvalue weighted by Crippen LogP contribution is -2.30. The Kier molecular flexibility index (Phi) is 67.6. The summed E-state index contributed by atoms with van der Waals surface area (Å²) in [5.74, 6) is -0.852. The molecule has 0 fully saturated rings. The molecule has 0 aromatic heterocycles. The first kappa shape index (κ1) is 78.4. The second kappa shape index (κ2) is 69.9. The fourth-order valence-corrected chi connectivity index (χ4v) is 10.9. The maximum Gasteiger partial charge on any atom is 0.306 e. The van der Waals surface area contributed by atoms with Gasteiger partial charge in [0.05, 0.1) is 0 Å². The predicted octanol–water partition coefficient (Wildman–Crippen LogP) is 24.9. The molecule has 0 aromatic carbocycles. The molecular formula is C75H138O6. The summed E-state index contributed by atoms with van der Waals surface area (Å²) in [4.78, 5) is 38.4. The topological polar surface area (TPSA) is 78.9 Å². The van der Waals surface area contributed by atoms with Crippen LogP contribution in [0.3, 0.4) is 0 Å². The van der Waals surface area contributed by atoms with Crippen LogP contribution in [0.25, 0.3) is 0 Å². The van der Waals surface area contributed by atoms with Gasteiger partial charge in [0.1, 0.15) is 13.2 Å². The molecule has 0 N–H and O–H groups in total. The van der Waals surface area contributed by atoms with Gasteiger partial charge < -0.3 is 14.2 Å². The zero-order chi connectivity index (χ0) is 58.5. The highest BCUT2D eigenvalue weighted by molar-refractivity contribution is 5.71. The lowest BCUT2D eigenvalue weighted by molar-refractivity contribution is -0.167. The van der Waals surface area contributed by atoms with Crippen molar-refractivity contribution >= 4 is 17.9 Å². The molecular weight excluding hydrogens is 997 g/mol. The smallest absolute Gasteiger partial charge is 0.306 e. The summed E-state index contributed by atoms with van der Waals surface area (Å²) in [5.41, 5.74) is 0. The van der Waals surface area contributed by atoms with E-state index >= 15 is 0 Å². The Morgan fingerprint density at radius 1 is 0.247 bits per heavy atom. The van der Waals surface area contributed by atoms with Crippen molar-refractivity contribution in [3.8, 4) is 0 Å². The standard InChI is InChI=1S/C75H138O6/c1-4-7-10-13-16-19-22-25-27-29-31-33-35-36-37-38-40-41-43-45-47-50-53-56-59-62-65-68-74(77)80-71-72(70-79-73(76)67-64-61-58-55-52-49-24-21-18-15-12-9-6-3)81-75(78)69-66-63-60-57-54-51-48-46-44-42-39-34-32-30-28-26-23-20-17-14-11-8-5-2/h23,26,29-32,39,42,72H,4-22,24-25,27-28,33-38,40-41,43-71H2,1-3H3/b26-23-,31-29-,32-30-,42-39-. The van der Waals surface area contributed by atoms with Crippen LogP contribution in [0.1, 0.15) is 393 Å². The van der Waals surface area contributed by atoms with Crippen molar-refractivity contribution in [1.82, 2.24) is 0 Å². The number of esters is 3. The minimum atomic E-state index is -0.776. The SMILES string of the molecule is CCCCCCC/C=C\C/C=C\C/C=C\CCCCCCCCCCC(=O)OC(COC(=O)CCCCCCCCCCCCCCC)COC(=O)CCCCCCCCCCCCCCCCC/C=C\CCCCCCCCCC. The van der Waals surface area contributed by atoms with E-state index in [2.05, 4.69) is 69.4 Å². The van der Waals surface area contributed by atoms with Crippen molar-refractivity contribution in [3.63, 3.8) is 0 Å². The zero-order valence-electron chi connectivity index (χ0n) is 54.6. The summed E-state index contributed by atoms with van der Waals surface area (Å²) in [7, 11) is 0. The normalized spacial score (nSPS) is 12.3. The van der Waals surface area contributed by atoms with E-state index in [1.807, 2.05) is 0 Å². The summed E-state index contributed by atoms with van der Waals surface area (Å²) >= 11 is 0. The molecule has 0 aliphatic heterocycles. The highest BCUT2D eigenvalue weighted by Crippen LogP contribution is 2.18. The Morgan fingerprint density at radius 3 is 0.704 bits per heavy atom. The zero-order valence-corrected chi connectivity index (χ0v) is 54.6. The van der Waals surface area contributed by atoms with Crippen LogP contribution in [0, 0.1) is 0 Å². The first-order valence-corrected chi connectivity index (χ1v) is 36.1. The fourth-order valence-electron chi connectivity index (χ4n) is 10.9. The lowest BCUT2D eigenvalue weighted by Gasteiger charge is -2.18. The van der Waals surface area contributed by atoms with Crippen LogP contribution in [-0.4, -0.2) is 37.2 Å². The molecule has 0 heterocycles. The van der Waals surface area contributed by atoms with Gasteiger partial charge in [-0.1, -0.05) is 339 Å². The summed E-state index contributed by atoms with van der Waals surface area (Å²) in [5, 5.41) is 0. The van der Waals surface area contributed by atoms with Gasteiger partial charge in [0.15, 0.2) is 6.10 Å². The summed E-state index contributed by atoms with van der Waals surface area (Å²) in [6.45, 7) is 6.69. The molecule has 0 saturated heterocycles. The minimum Gasteiger partial charge on any atom is -0.462 e. The van der Waals surface area contributed by atoms with E-state index in [0.717, 1.165) is 77.0 Å². The molecule has 0 radical (unpaired) electrons. The second-order valence-electron chi connectivity index (χ2n) is 24.5. The number of allylic oxidation sites excluding steroid dienone is 8. The third-order valence-corrected chi connectivity index (χ3v) is 16.3. The van der Waals surface area contributed by atoms with Crippen LogP contribution in [0.2, 0.25) is 0 Å². The lowest BCUT2D eigenvalue weighted by atomic mass is 10.0. The average Bonchev–Trinajstić information content (AvgIpc) is 3.46. The van der Waals surface area contributed by atoms with Crippen molar-refractivity contribution in [1.29, 1.82) is 0 Å². The summed E-state index contributed by atoms with van der Waals surface area (Å²) in [6, 6.07) is 0. The third kappa shape index (κ3) is 68.0. The summed E-state index contributed by atoms with van der Waals surface area (Å²) < 4.78 is 17.0. The Balaban J connectivity index is 4.24. The van der Waals surface area contributed by atoms with E-state index in [1.165, 1.54) is 276 Å². The molecule has 0 amide bonds. The van der Waals surface area contributed by atoms with Gasteiger partial charge in [0.25, 0.3) is 0 Å². The minimum absolute atomic E-state index is 0.0713. The molecule has 0 rings (SSSR count). The predicted molar refractivity (Wildman–Crippen MR) is 353 cm³/mol. The van der Waals surface area contributed by atoms with Crippen molar-refractivity contribution in [3.05, 3.63) is 48.6 Å². The van der Waals surface area contributed by atoms with Crippen molar-refractivity contribution in [2.24, 2.45) is 0 Å². The van der Waals surface area contributed by atoms with Gasteiger partial charge in [-0.15, -0.1) is 0 Å². The number of rotatable bonds is 67. The molecule has 0 aliphatic carbocycles. The number of carbonyl (C=O) groups is 3. The molecule has 474 valence electrons. The van der Waals surface area contributed by atoms with E-state index in [1.54, 1.807) is 0 Å². The second-order valence-corrected chi connectivity index (χ2v) is 24.5. The van der Waals surface area contributed by atoms with Crippen LogP contribution >= 0.6 is 0 Å². The van der Waals surface area contributed by atoms with Crippen molar-refractivity contribution < 1.29 is 28.6 Å². The average molecular weight is 1140 g/mol. The van der Waals surface area contributed by atoms with Gasteiger partial charge in [0, 0.05) is 19.3 Å². The molecule has 1 atom stereocenters. The van der Waals surface area contributed by atoms with Crippen molar-refractivity contribution in [2.45, 2.75) is 399 Å². The van der Waals surface area contributed by atoms with Gasteiger partial charge in [-0.25, -0.2) is 0 Å². The van der Waals surface area contributed by atoms with Crippen molar-refractivity contribution in [2.75, 3.05) is 13.2 Å². The van der Waals surface area contributed by atoms with Gasteiger partial charge in [-0.3, -0.25) is 14.4 Å². The largest absolute Gasteiger partial charge is 0.462 e. The van der Waals surface area contributed by atoms with E-state index in [-0.39, 0.29) is 31.1 Å². The Bertz CT molecular complexity index is 1400. The highest BCUT2D eigenvalue weighted by Gasteiger charge is 2.19. The number of hydrogen-bond donors (Lipinski definition) is 0. The number of ether oxygens (including phenoxy) is 3. The third-order valence-electron chi connectivity index (χ3n) is 16.3. The van der Waals surface area contributed by atoms with E-state index in [9.17, 15) is 14.4 Å². The Morgan fingerprint density at radius 2 is 0.444 bits per heavy atom. The van der Waals surface area contributed by atoms with Gasteiger partial charge in [-0.05, 0) is 83.5 Å². The molecule has 0 aromatic rings. The summed E-state index contributed by atoms with van der Waals surface area (Å²) in [6.07, 6.45) is 88.6. The van der Waals surface area contributed by atoms with Gasteiger partial charge in [-0.2, -0.15) is 0 Å². The molecule has 0 aliphatic rings. The van der Waals surface area contributed by atoms with Gasteiger partial charge >= 0.3 is 17.9 Å². The molecule has 0 bridgehead atoms. The van der Waals surface area contributed by atoms with Gasteiger partial charge in [0.2, 0.25) is 0 Å². The van der Waals surface area contributed by atoms with E-state index in [0.29, 0.717) is 19.3 Å². The van der Waals surface area contributed by atoms with Crippen LogP contribution < -0.4 is 0 Å². The Labute approximate surface area is 505 Å². The van der Waals surface area contributed by atoms with Crippen LogP contribution in [0.4, 0.5) is 0 Å². The first-order valence-electron chi connectivity index (χ1n) is 36.1. The van der Waals surface area contributed by atoms with E-state index < -0.39 is 6.10 Å². The molecule has 81 heavy (non-hydrogen) atoms. The molecule has 1 unspecified atom stereocenters. The Hall–Kier alpha value is -2.63. The molecule has 6 heteroatoms. The number of hydrogen-bond acceptors (Lipinski definition) is 6. The fraction of sp³-hybridized carbons (Fsp3) is 0.853. The maximum atomic E-state index is 13.0. The van der Waals surface area contributed by atoms with Crippen LogP contribution in [-0.2, 0) is 28.6 Å². The molecule has 0 spiro atoms. The van der Waals surface area contributed by atoms with E-state index in [4.69, 9.17) is 14.2 Å². The first-order chi connectivity index (χ1) is 40.0. The monoisotopic (exact) mass is 1140 g/mol. The molecule has 6 nitrogen and oxygen atoms in total. The number of unbranched alkanes of at least 4 members (excludes halogenated alkanes) is 48. The van der Waals surface area contributed by atoms with Crippen LogP contribution in [0.5, 0.6) is 0 Å². The number of carbonyl (C=O) groups excluding carboxylic acids is 3. The van der Waals surface area contributed by atoms with Crippen LogP contribution in [0.15, 0.2) is 48.6 Å². The maximum absolute atomic E-state index is 13.0. The molecule has 0 saturated carbocycles.